The van der Waals surface area contributed by atoms with Gasteiger partial charge in [0.2, 0.25) is 0 Å². The van der Waals surface area contributed by atoms with Gasteiger partial charge in [-0.25, -0.2) is 0 Å². The zero-order chi connectivity index (χ0) is 15.1. The summed E-state index contributed by atoms with van der Waals surface area (Å²) in [6, 6.07) is 5.67. The van der Waals surface area contributed by atoms with Crippen LogP contribution in [0, 0.1) is 0 Å². The molecule has 0 saturated carbocycles. The number of ether oxygens (including phenoxy) is 1. The highest BCUT2D eigenvalue weighted by Crippen LogP contribution is 2.28. The molecule has 2 unspecified atom stereocenters. The van der Waals surface area contributed by atoms with Crippen LogP contribution >= 0.6 is 11.6 Å². The molecule has 20 heavy (non-hydrogen) atoms. The number of hydrogen-bond donors (Lipinski definition) is 2. The summed E-state index contributed by atoms with van der Waals surface area (Å²) in [5.41, 5.74) is 1.01. The monoisotopic (exact) mass is 300 g/mol. The lowest BCUT2D eigenvalue weighted by Crippen LogP contribution is -2.36. The number of halogens is 1. The van der Waals surface area contributed by atoms with E-state index >= 15 is 0 Å². The number of aliphatic hydroxyl groups excluding tert-OH is 1. The van der Waals surface area contributed by atoms with Gasteiger partial charge in [-0.2, -0.15) is 0 Å². The summed E-state index contributed by atoms with van der Waals surface area (Å²) in [6.45, 7) is 5.77. The van der Waals surface area contributed by atoms with Crippen molar-refractivity contribution >= 4 is 11.6 Å². The number of hydrogen-bond acceptors (Lipinski definition) is 4. The van der Waals surface area contributed by atoms with Crippen LogP contribution in [0.15, 0.2) is 18.2 Å². The lowest BCUT2D eigenvalue weighted by molar-refractivity contribution is 0.132. The van der Waals surface area contributed by atoms with Crippen molar-refractivity contribution in [1.82, 2.24) is 10.2 Å². The molecule has 0 aliphatic rings. The van der Waals surface area contributed by atoms with Gasteiger partial charge >= 0.3 is 0 Å². The lowest BCUT2D eigenvalue weighted by atomic mass is 10.1. The Balaban J connectivity index is 2.66. The van der Waals surface area contributed by atoms with Crippen LogP contribution in [0.25, 0.3) is 0 Å². The van der Waals surface area contributed by atoms with Crippen LogP contribution in [0.1, 0.15) is 25.5 Å². The van der Waals surface area contributed by atoms with E-state index in [-0.39, 0.29) is 6.04 Å². The number of aliphatic hydroxyl groups is 1. The van der Waals surface area contributed by atoms with Crippen LogP contribution in [-0.4, -0.2) is 49.9 Å². The Labute approximate surface area is 126 Å². The fourth-order valence-electron chi connectivity index (χ4n) is 2.05. The fraction of sp³-hybridized carbons (Fsp3) is 0.600. The van der Waals surface area contributed by atoms with Crippen molar-refractivity contribution in [3.05, 3.63) is 28.8 Å². The van der Waals surface area contributed by atoms with E-state index in [0.717, 1.165) is 11.3 Å². The molecule has 2 atom stereocenters. The molecule has 2 N–H and O–H groups in total. The van der Waals surface area contributed by atoms with Crippen molar-refractivity contribution in [2.45, 2.75) is 26.0 Å². The van der Waals surface area contributed by atoms with Crippen molar-refractivity contribution < 1.29 is 9.84 Å². The molecule has 1 aromatic carbocycles. The number of nitrogens with zero attached hydrogens (tertiary/aromatic N) is 1. The van der Waals surface area contributed by atoms with Crippen molar-refractivity contribution in [3.63, 3.8) is 0 Å². The minimum absolute atomic E-state index is 0.0621. The molecule has 1 aromatic rings. The van der Waals surface area contributed by atoms with Gasteiger partial charge in [-0.05, 0) is 46.1 Å². The highest BCUT2D eigenvalue weighted by molar-refractivity contribution is 6.30. The number of nitrogens with one attached hydrogen (secondary N) is 1. The first-order valence-electron chi connectivity index (χ1n) is 6.92. The van der Waals surface area contributed by atoms with Crippen LogP contribution in [0.5, 0.6) is 5.75 Å². The Hall–Kier alpha value is -0.810. The van der Waals surface area contributed by atoms with Crippen molar-refractivity contribution in [3.8, 4) is 5.75 Å². The zero-order valence-electron chi connectivity index (χ0n) is 12.7. The zero-order valence-corrected chi connectivity index (χ0v) is 13.4. The molecule has 0 aliphatic heterocycles. The van der Waals surface area contributed by atoms with Gasteiger partial charge in [-0.1, -0.05) is 11.6 Å². The van der Waals surface area contributed by atoms with Crippen LogP contribution in [-0.2, 0) is 0 Å². The summed E-state index contributed by atoms with van der Waals surface area (Å²) < 4.78 is 5.62. The number of rotatable bonds is 8. The van der Waals surface area contributed by atoms with Crippen LogP contribution < -0.4 is 10.1 Å². The molecule has 5 heteroatoms. The Kier molecular flexibility index (Phi) is 7.30. The van der Waals surface area contributed by atoms with Crippen molar-refractivity contribution in [2.75, 3.05) is 33.8 Å². The lowest BCUT2D eigenvalue weighted by Gasteiger charge is -2.21. The average molecular weight is 301 g/mol. The summed E-state index contributed by atoms with van der Waals surface area (Å²) in [5.74, 6) is 0.832. The fourth-order valence-corrected chi connectivity index (χ4v) is 2.23. The maximum absolute atomic E-state index is 9.88. The van der Waals surface area contributed by atoms with Crippen LogP contribution in [0.4, 0.5) is 0 Å². The van der Waals surface area contributed by atoms with Gasteiger partial charge in [-0.15, -0.1) is 0 Å². The van der Waals surface area contributed by atoms with E-state index in [2.05, 4.69) is 5.32 Å². The second-order valence-corrected chi connectivity index (χ2v) is 5.60. The van der Waals surface area contributed by atoms with E-state index in [0.29, 0.717) is 24.7 Å². The van der Waals surface area contributed by atoms with Crippen LogP contribution in [0.3, 0.4) is 0 Å². The molecular weight excluding hydrogens is 276 g/mol. The van der Waals surface area contributed by atoms with Gasteiger partial charge < -0.3 is 20.1 Å². The first-order valence-corrected chi connectivity index (χ1v) is 7.30. The van der Waals surface area contributed by atoms with Gasteiger partial charge in [-0.3, -0.25) is 0 Å². The average Bonchev–Trinajstić information content (AvgIpc) is 2.37. The molecule has 1 rings (SSSR count). The van der Waals surface area contributed by atoms with Gasteiger partial charge in [0.05, 0.1) is 12.7 Å². The first kappa shape index (κ1) is 17.2. The highest BCUT2D eigenvalue weighted by atomic mass is 35.5. The van der Waals surface area contributed by atoms with E-state index in [4.69, 9.17) is 16.3 Å². The van der Waals surface area contributed by atoms with E-state index in [9.17, 15) is 5.11 Å². The third-order valence-corrected chi connectivity index (χ3v) is 3.21. The molecule has 0 amide bonds. The standard InChI is InChI=1S/C15H25ClN2O2/c1-5-20-15-7-6-12(16)8-14(15)11(2)17-9-13(19)10-18(3)4/h6-8,11,13,17,19H,5,9-10H2,1-4H3. The Morgan fingerprint density at radius 2 is 2.10 bits per heavy atom. The van der Waals surface area contributed by atoms with Crippen molar-refractivity contribution in [2.24, 2.45) is 0 Å². The van der Waals surface area contributed by atoms with Gasteiger partial charge in [0, 0.05) is 29.7 Å². The first-order chi connectivity index (χ1) is 9.43. The maximum atomic E-state index is 9.88. The van der Waals surface area contributed by atoms with E-state index < -0.39 is 6.10 Å². The number of likely N-dealkylation sites (N-methyl/N-ethyl adjacent to an activating group) is 1. The largest absolute Gasteiger partial charge is 0.494 e. The molecule has 0 bridgehead atoms. The quantitative estimate of drug-likeness (QED) is 0.773. The van der Waals surface area contributed by atoms with E-state index in [1.807, 2.05) is 51.0 Å². The molecule has 0 saturated heterocycles. The van der Waals surface area contributed by atoms with Gasteiger partial charge in [0.15, 0.2) is 0 Å². The normalized spacial score (nSPS) is 14.3. The summed E-state index contributed by atoms with van der Waals surface area (Å²) >= 11 is 6.05. The third kappa shape index (κ3) is 5.67. The third-order valence-electron chi connectivity index (χ3n) is 2.97. The molecule has 0 aromatic heterocycles. The highest BCUT2D eigenvalue weighted by Gasteiger charge is 2.14. The van der Waals surface area contributed by atoms with Crippen LogP contribution in [0.2, 0.25) is 5.02 Å². The second-order valence-electron chi connectivity index (χ2n) is 5.16. The molecule has 0 fully saturated rings. The van der Waals surface area contributed by atoms with Gasteiger partial charge in [0.1, 0.15) is 5.75 Å². The summed E-state index contributed by atoms with van der Waals surface area (Å²) in [7, 11) is 3.88. The Morgan fingerprint density at radius 3 is 2.70 bits per heavy atom. The molecule has 0 spiro atoms. The summed E-state index contributed by atoms with van der Waals surface area (Å²) in [5, 5.41) is 13.9. The summed E-state index contributed by atoms with van der Waals surface area (Å²) in [4.78, 5) is 1.96. The van der Waals surface area contributed by atoms with E-state index in [1.165, 1.54) is 0 Å². The molecule has 0 radical (unpaired) electrons. The molecule has 0 heterocycles. The Bertz CT molecular complexity index is 413. The SMILES string of the molecule is CCOc1ccc(Cl)cc1C(C)NCC(O)CN(C)C. The number of benzene rings is 1. The molecular formula is C15H25ClN2O2. The minimum atomic E-state index is -0.401. The smallest absolute Gasteiger partial charge is 0.124 e. The predicted molar refractivity (Wildman–Crippen MR) is 83.6 cm³/mol. The second kappa shape index (κ2) is 8.47. The minimum Gasteiger partial charge on any atom is -0.494 e. The Morgan fingerprint density at radius 1 is 1.40 bits per heavy atom. The molecule has 114 valence electrons. The molecule has 0 aliphatic carbocycles. The predicted octanol–water partition coefficient (Wildman–Crippen LogP) is 2.31. The van der Waals surface area contributed by atoms with E-state index in [1.54, 1.807) is 0 Å². The summed E-state index contributed by atoms with van der Waals surface area (Å²) in [6.07, 6.45) is -0.401. The topological polar surface area (TPSA) is 44.7 Å². The maximum Gasteiger partial charge on any atom is 0.124 e. The van der Waals surface area contributed by atoms with Crippen molar-refractivity contribution in [1.29, 1.82) is 0 Å². The molecule has 4 nitrogen and oxygen atoms in total. The van der Waals surface area contributed by atoms with Gasteiger partial charge in [0.25, 0.3) is 0 Å².